The molecule has 23 heavy (non-hydrogen) atoms. The standard InChI is InChI=1S/C19H13ClO3/c1-10-11(2)19(21)23-18-8-17-15(7-14(10)18)16(9-22-17)12-3-5-13(20)6-4-12/h3-9H,1-2H3. The lowest BCUT2D eigenvalue weighted by Crippen LogP contribution is -2.05. The number of fused-ring (bicyclic) bond motifs is 2. The van der Waals surface area contributed by atoms with E-state index in [2.05, 4.69) is 0 Å². The van der Waals surface area contributed by atoms with Gasteiger partial charge in [0.15, 0.2) is 0 Å². The first-order chi connectivity index (χ1) is 11.0. The molecule has 0 unspecified atom stereocenters. The van der Waals surface area contributed by atoms with Crippen molar-refractivity contribution in [2.75, 3.05) is 0 Å². The van der Waals surface area contributed by atoms with Gasteiger partial charge in [-0.2, -0.15) is 0 Å². The van der Waals surface area contributed by atoms with Crippen LogP contribution in [0.25, 0.3) is 33.1 Å². The van der Waals surface area contributed by atoms with Crippen molar-refractivity contribution in [3.8, 4) is 11.1 Å². The van der Waals surface area contributed by atoms with Gasteiger partial charge in [-0.25, -0.2) is 4.79 Å². The number of hydrogen-bond acceptors (Lipinski definition) is 3. The van der Waals surface area contributed by atoms with Crippen molar-refractivity contribution in [3.05, 3.63) is 69.2 Å². The Hall–Kier alpha value is -2.52. The van der Waals surface area contributed by atoms with Crippen LogP contribution in [0.2, 0.25) is 5.02 Å². The van der Waals surface area contributed by atoms with E-state index in [1.165, 1.54) is 0 Å². The zero-order valence-corrected chi connectivity index (χ0v) is 13.4. The Labute approximate surface area is 137 Å². The van der Waals surface area contributed by atoms with Gasteiger partial charge in [0.2, 0.25) is 0 Å². The van der Waals surface area contributed by atoms with Gasteiger partial charge in [0.25, 0.3) is 0 Å². The third kappa shape index (κ3) is 2.16. The zero-order valence-electron chi connectivity index (χ0n) is 12.6. The lowest BCUT2D eigenvalue weighted by molar-refractivity contribution is 0.552. The topological polar surface area (TPSA) is 43.4 Å². The number of aryl methyl sites for hydroxylation is 1. The average molecular weight is 325 g/mol. The molecule has 0 radical (unpaired) electrons. The molecule has 2 aromatic carbocycles. The molecule has 2 aromatic heterocycles. The Morgan fingerprint density at radius 3 is 2.39 bits per heavy atom. The minimum atomic E-state index is -0.307. The maximum Gasteiger partial charge on any atom is 0.339 e. The van der Waals surface area contributed by atoms with Crippen LogP contribution in [0.3, 0.4) is 0 Å². The third-order valence-electron chi connectivity index (χ3n) is 4.31. The predicted octanol–water partition coefficient (Wildman–Crippen LogP) is 5.48. The molecule has 114 valence electrons. The molecular formula is C19H13ClO3. The number of benzene rings is 2. The van der Waals surface area contributed by atoms with E-state index in [-0.39, 0.29) is 5.63 Å². The molecule has 0 saturated carbocycles. The molecule has 0 N–H and O–H groups in total. The summed E-state index contributed by atoms with van der Waals surface area (Å²) in [6, 6.07) is 11.4. The van der Waals surface area contributed by atoms with Crippen molar-refractivity contribution >= 4 is 33.5 Å². The molecule has 0 bridgehead atoms. The van der Waals surface area contributed by atoms with Gasteiger partial charge in [-0.05, 0) is 43.2 Å². The molecule has 0 aliphatic heterocycles. The van der Waals surface area contributed by atoms with Crippen LogP contribution in [-0.4, -0.2) is 0 Å². The minimum absolute atomic E-state index is 0.307. The van der Waals surface area contributed by atoms with Crippen LogP contribution in [0.15, 0.2) is 56.3 Å². The van der Waals surface area contributed by atoms with Gasteiger partial charge >= 0.3 is 5.63 Å². The highest BCUT2D eigenvalue weighted by atomic mass is 35.5. The quantitative estimate of drug-likeness (QED) is 0.436. The Bertz CT molecular complexity index is 1100. The molecule has 0 saturated heterocycles. The van der Waals surface area contributed by atoms with Gasteiger partial charge in [0.1, 0.15) is 11.2 Å². The Balaban J connectivity index is 2.05. The smallest absolute Gasteiger partial charge is 0.339 e. The van der Waals surface area contributed by atoms with E-state index < -0.39 is 0 Å². The monoisotopic (exact) mass is 324 g/mol. The highest BCUT2D eigenvalue weighted by molar-refractivity contribution is 6.30. The molecule has 0 aliphatic rings. The summed E-state index contributed by atoms with van der Waals surface area (Å²) in [6.45, 7) is 3.71. The van der Waals surface area contributed by atoms with E-state index in [0.29, 0.717) is 21.8 Å². The van der Waals surface area contributed by atoms with E-state index in [1.807, 2.05) is 37.3 Å². The molecule has 0 aliphatic carbocycles. The van der Waals surface area contributed by atoms with E-state index >= 15 is 0 Å². The first-order valence-corrected chi connectivity index (χ1v) is 7.63. The zero-order chi connectivity index (χ0) is 16.1. The summed E-state index contributed by atoms with van der Waals surface area (Å²) in [4.78, 5) is 11.8. The van der Waals surface area contributed by atoms with Crippen LogP contribution in [0, 0.1) is 13.8 Å². The lowest BCUT2D eigenvalue weighted by Gasteiger charge is -2.05. The fourth-order valence-electron chi connectivity index (χ4n) is 2.82. The summed E-state index contributed by atoms with van der Waals surface area (Å²) in [5.74, 6) is 0. The largest absolute Gasteiger partial charge is 0.464 e. The second-order valence-corrected chi connectivity index (χ2v) is 6.08. The third-order valence-corrected chi connectivity index (χ3v) is 4.56. The molecule has 0 atom stereocenters. The van der Waals surface area contributed by atoms with E-state index in [9.17, 15) is 4.79 Å². The first kappa shape index (κ1) is 14.1. The molecule has 4 aromatic rings. The van der Waals surface area contributed by atoms with Crippen LogP contribution in [0.1, 0.15) is 11.1 Å². The fraction of sp³-hybridized carbons (Fsp3) is 0.105. The number of rotatable bonds is 1. The molecule has 4 heteroatoms. The predicted molar refractivity (Wildman–Crippen MR) is 92.2 cm³/mol. The highest BCUT2D eigenvalue weighted by Crippen LogP contribution is 2.34. The maximum atomic E-state index is 11.8. The second-order valence-electron chi connectivity index (χ2n) is 5.64. The number of halogens is 1. The van der Waals surface area contributed by atoms with Crippen LogP contribution in [-0.2, 0) is 0 Å². The van der Waals surface area contributed by atoms with Crippen molar-refractivity contribution < 1.29 is 8.83 Å². The van der Waals surface area contributed by atoms with E-state index in [1.54, 1.807) is 19.3 Å². The fourth-order valence-corrected chi connectivity index (χ4v) is 2.94. The highest BCUT2D eigenvalue weighted by Gasteiger charge is 2.13. The molecule has 0 spiro atoms. The Morgan fingerprint density at radius 1 is 0.913 bits per heavy atom. The normalized spacial score (nSPS) is 11.4. The van der Waals surface area contributed by atoms with Crippen LogP contribution in [0.4, 0.5) is 0 Å². The molecule has 4 rings (SSSR count). The summed E-state index contributed by atoms with van der Waals surface area (Å²) in [6.07, 6.45) is 1.72. The average Bonchev–Trinajstić information content (AvgIpc) is 2.95. The summed E-state index contributed by atoms with van der Waals surface area (Å²) in [5, 5.41) is 2.60. The van der Waals surface area contributed by atoms with Crippen molar-refractivity contribution in [2.45, 2.75) is 13.8 Å². The van der Waals surface area contributed by atoms with Crippen LogP contribution >= 0.6 is 11.6 Å². The van der Waals surface area contributed by atoms with Crippen molar-refractivity contribution in [3.63, 3.8) is 0 Å². The SMILES string of the molecule is Cc1c(C)c2cc3c(-c4ccc(Cl)cc4)coc3cc2oc1=O. The van der Waals surface area contributed by atoms with Crippen molar-refractivity contribution in [1.29, 1.82) is 0 Å². The number of furan rings is 1. The molecule has 3 nitrogen and oxygen atoms in total. The summed E-state index contributed by atoms with van der Waals surface area (Å²) in [5.41, 5.74) is 4.51. The number of hydrogen-bond donors (Lipinski definition) is 0. The molecule has 0 amide bonds. The van der Waals surface area contributed by atoms with E-state index in [4.69, 9.17) is 20.4 Å². The van der Waals surface area contributed by atoms with Gasteiger partial charge in [0, 0.05) is 33.0 Å². The second kappa shape index (κ2) is 5.00. The van der Waals surface area contributed by atoms with Crippen molar-refractivity contribution in [2.24, 2.45) is 0 Å². The van der Waals surface area contributed by atoms with Crippen LogP contribution < -0.4 is 5.63 Å². The van der Waals surface area contributed by atoms with Gasteiger partial charge in [-0.3, -0.25) is 0 Å². The van der Waals surface area contributed by atoms with Gasteiger partial charge in [-0.1, -0.05) is 23.7 Å². The van der Waals surface area contributed by atoms with Crippen LogP contribution in [0.5, 0.6) is 0 Å². The molecule has 2 heterocycles. The van der Waals surface area contributed by atoms with Gasteiger partial charge < -0.3 is 8.83 Å². The van der Waals surface area contributed by atoms with Crippen molar-refractivity contribution in [1.82, 2.24) is 0 Å². The van der Waals surface area contributed by atoms with Gasteiger partial charge in [0.05, 0.1) is 6.26 Å². The minimum Gasteiger partial charge on any atom is -0.464 e. The summed E-state index contributed by atoms with van der Waals surface area (Å²) >= 11 is 5.96. The molecule has 0 fully saturated rings. The summed E-state index contributed by atoms with van der Waals surface area (Å²) < 4.78 is 11.0. The van der Waals surface area contributed by atoms with Gasteiger partial charge in [-0.15, -0.1) is 0 Å². The Kier molecular flexibility index (Phi) is 3.06. The first-order valence-electron chi connectivity index (χ1n) is 7.26. The lowest BCUT2D eigenvalue weighted by atomic mass is 10.0. The Morgan fingerprint density at radius 2 is 1.65 bits per heavy atom. The van der Waals surface area contributed by atoms with E-state index in [0.717, 1.165) is 27.5 Å². The summed E-state index contributed by atoms with van der Waals surface area (Å²) in [7, 11) is 0. The molecular weight excluding hydrogens is 312 g/mol. The maximum absolute atomic E-state index is 11.8.